The maximum atomic E-state index is 12.0. The van der Waals surface area contributed by atoms with Crippen LogP contribution in [0.2, 0.25) is 0 Å². The molecule has 5 heteroatoms. The van der Waals surface area contributed by atoms with E-state index in [4.69, 9.17) is 10.8 Å². The number of carbonyl (C=O) groups is 2. The number of aryl methyl sites for hydroxylation is 1. The summed E-state index contributed by atoms with van der Waals surface area (Å²) in [5.74, 6) is -1.21. The van der Waals surface area contributed by atoms with Crippen LogP contribution in [0, 0.1) is 19.3 Å². The molecule has 0 aliphatic carbocycles. The molecule has 116 valence electrons. The first-order valence-electron chi connectivity index (χ1n) is 6.92. The highest BCUT2D eigenvalue weighted by Gasteiger charge is 2.23. The van der Waals surface area contributed by atoms with Crippen molar-refractivity contribution in [1.82, 2.24) is 0 Å². The van der Waals surface area contributed by atoms with E-state index in [0.29, 0.717) is 11.3 Å². The molecule has 1 unspecified atom stereocenters. The average molecular weight is 292 g/mol. The van der Waals surface area contributed by atoms with Crippen LogP contribution in [-0.2, 0) is 4.79 Å². The van der Waals surface area contributed by atoms with Crippen molar-refractivity contribution in [3.8, 4) is 0 Å². The summed E-state index contributed by atoms with van der Waals surface area (Å²) in [7, 11) is 0. The second-order valence-electron chi connectivity index (χ2n) is 6.50. The number of carboxylic acid groups (broad SMARTS) is 1. The number of benzene rings is 1. The van der Waals surface area contributed by atoms with E-state index in [-0.39, 0.29) is 29.3 Å². The smallest absolute Gasteiger partial charge is 0.336 e. The summed E-state index contributed by atoms with van der Waals surface area (Å²) in [5.41, 5.74) is 8.03. The van der Waals surface area contributed by atoms with Gasteiger partial charge >= 0.3 is 5.97 Å². The van der Waals surface area contributed by atoms with Gasteiger partial charge in [-0.2, -0.15) is 0 Å². The molecule has 0 radical (unpaired) electrons. The Balaban J connectivity index is 2.89. The number of carboxylic acids is 1. The molecular weight excluding hydrogens is 268 g/mol. The van der Waals surface area contributed by atoms with Crippen molar-refractivity contribution in [2.75, 3.05) is 5.32 Å². The largest absolute Gasteiger partial charge is 0.478 e. The van der Waals surface area contributed by atoms with E-state index in [1.165, 1.54) is 6.07 Å². The lowest BCUT2D eigenvalue weighted by molar-refractivity contribution is -0.117. The van der Waals surface area contributed by atoms with Gasteiger partial charge in [-0.15, -0.1) is 0 Å². The molecule has 1 amide bonds. The average Bonchev–Trinajstić information content (AvgIpc) is 2.31. The van der Waals surface area contributed by atoms with E-state index in [0.717, 1.165) is 5.56 Å². The molecule has 0 fully saturated rings. The van der Waals surface area contributed by atoms with Crippen LogP contribution >= 0.6 is 0 Å². The highest BCUT2D eigenvalue weighted by atomic mass is 16.4. The molecule has 5 nitrogen and oxygen atoms in total. The van der Waals surface area contributed by atoms with Gasteiger partial charge in [0.15, 0.2) is 0 Å². The fraction of sp³-hybridized carbons (Fsp3) is 0.500. The number of hydrogen-bond acceptors (Lipinski definition) is 3. The molecule has 4 N–H and O–H groups in total. The van der Waals surface area contributed by atoms with Gasteiger partial charge in [0.25, 0.3) is 0 Å². The summed E-state index contributed by atoms with van der Waals surface area (Å²) in [6.45, 7) is 9.49. The van der Waals surface area contributed by atoms with Gasteiger partial charge in [-0.25, -0.2) is 4.79 Å². The van der Waals surface area contributed by atoms with E-state index in [2.05, 4.69) is 5.32 Å². The fourth-order valence-electron chi connectivity index (χ4n) is 1.87. The second kappa shape index (κ2) is 6.26. The van der Waals surface area contributed by atoms with E-state index in [9.17, 15) is 9.59 Å². The molecule has 0 aliphatic heterocycles. The second-order valence-corrected chi connectivity index (χ2v) is 6.50. The first-order chi connectivity index (χ1) is 9.52. The van der Waals surface area contributed by atoms with E-state index in [1.807, 2.05) is 27.7 Å². The summed E-state index contributed by atoms with van der Waals surface area (Å²) >= 11 is 0. The topological polar surface area (TPSA) is 92.4 Å². The van der Waals surface area contributed by atoms with Crippen LogP contribution in [-0.4, -0.2) is 23.0 Å². The number of rotatable bonds is 4. The van der Waals surface area contributed by atoms with Crippen molar-refractivity contribution in [3.63, 3.8) is 0 Å². The van der Waals surface area contributed by atoms with Gasteiger partial charge in [-0.1, -0.05) is 20.8 Å². The molecule has 1 aromatic rings. The van der Waals surface area contributed by atoms with Crippen LogP contribution < -0.4 is 11.1 Å². The first-order valence-corrected chi connectivity index (χ1v) is 6.92. The van der Waals surface area contributed by atoms with Crippen molar-refractivity contribution in [2.24, 2.45) is 11.1 Å². The molecule has 21 heavy (non-hydrogen) atoms. The third kappa shape index (κ3) is 4.56. The fourth-order valence-corrected chi connectivity index (χ4v) is 1.87. The molecule has 0 saturated carbocycles. The molecule has 1 aromatic carbocycles. The Bertz CT molecular complexity index is 559. The van der Waals surface area contributed by atoms with Crippen molar-refractivity contribution < 1.29 is 14.7 Å². The molecule has 0 aromatic heterocycles. The predicted molar refractivity (Wildman–Crippen MR) is 83.6 cm³/mol. The molecule has 0 saturated heterocycles. The van der Waals surface area contributed by atoms with Gasteiger partial charge in [0, 0.05) is 18.2 Å². The summed E-state index contributed by atoms with van der Waals surface area (Å²) in [4.78, 5) is 23.2. The lowest BCUT2D eigenvalue weighted by atomic mass is 9.85. The monoisotopic (exact) mass is 292 g/mol. The standard InChI is InChI=1S/C16H24N2O3/c1-9-6-11(7-12(10(9)2)15(20)21)18-14(19)8-13(17)16(3,4)5/h6-7,13H,8,17H2,1-5H3,(H,18,19)(H,20,21). The van der Waals surface area contributed by atoms with E-state index >= 15 is 0 Å². The van der Waals surface area contributed by atoms with Crippen molar-refractivity contribution in [2.45, 2.75) is 47.1 Å². The quantitative estimate of drug-likeness (QED) is 0.795. The highest BCUT2D eigenvalue weighted by molar-refractivity contribution is 5.95. The number of nitrogens with one attached hydrogen (secondary N) is 1. The van der Waals surface area contributed by atoms with Crippen LogP contribution in [0.1, 0.15) is 48.7 Å². The number of aromatic carboxylic acids is 1. The maximum absolute atomic E-state index is 12.0. The number of anilines is 1. The molecule has 1 atom stereocenters. The SMILES string of the molecule is Cc1cc(NC(=O)CC(N)C(C)(C)C)cc(C(=O)O)c1C. The minimum atomic E-state index is -1.00. The van der Waals surface area contributed by atoms with Gasteiger partial charge in [-0.05, 0) is 42.5 Å². The zero-order chi connectivity index (χ0) is 16.4. The zero-order valence-corrected chi connectivity index (χ0v) is 13.3. The first kappa shape index (κ1) is 17.2. The Morgan fingerprint density at radius 1 is 1.29 bits per heavy atom. The summed E-state index contributed by atoms with van der Waals surface area (Å²) < 4.78 is 0. The normalized spacial score (nSPS) is 12.9. The Hall–Kier alpha value is -1.88. The van der Waals surface area contributed by atoms with Crippen molar-refractivity contribution in [3.05, 3.63) is 28.8 Å². The molecule has 0 aliphatic rings. The lowest BCUT2D eigenvalue weighted by Gasteiger charge is -2.26. The Morgan fingerprint density at radius 2 is 1.86 bits per heavy atom. The van der Waals surface area contributed by atoms with Gasteiger partial charge in [0.05, 0.1) is 5.56 Å². The molecule has 0 bridgehead atoms. The maximum Gasteiger partial charge on any atom is 0.336 e. The minimum Gasteiger partial charge on any atom is -0.478 e. The van der Waals surface area contributed by atoms with Gasteiger partial charge in [0.1, 0.15) is 0 Å². The summed E-state index contributed by atoms with van der Waals surface area (Å²) in [6, 6.07) is 2.98. The Morgan fingerprint density at radius 3 is 2.33 bits per heavy atom. The van der Waals surface area contributed by atoms with Crippen LogP contribution in [0.4, 0.5) is 5.69 Å². The van der Waals surface area contributed by atoms with Crippen LogP contribution in [0.25, 0.3) is 0 Å². The highest BCUT2D eigenvalue weighted by Crippen LogP contribution is 2.22. The Kier molecular flexibility index (Phi) is 5.12. The number of nitrogens with two attached hydrogens (primary N) is 1. The third-order valence-electron chi connectivity index (χ3n) is 3.70. The number of carbonyl (C=O) groups excluding carboxylic acids is 1. The molecular formula is C16H24N2O3. The number of amides is 1. The lowest BCUT2D eigenvalue weighted by Crippen LogP contribution is -2.38. The number of hydrogen-bond donors (Lipinski definition) is 3. The molecule has 1 rings (SSSR count). The van der Waals surface area contributed by atoms with Crippen LogP contribution in [0.3, 0.4) is 0 Å². The third-order valence-corrected chi connectivity index (χ3v) is 3.70. The van der Waals surface area contributed by atoms with Gasteiger partial charge in [0.2, 0.25) is 5.91 Å². The van der Waals surface area contributed by atoms with Gasteiger partial charge in [-0.3, -0.25) is 4.79 Å². The Labute approximate surface area is 125 Å². The minimum absolute atomic E-state index is 0.160. The van der Waals surface area contributed by atoms with E-state index in [1.54, 1.807) is 13.0 Å². The summed E-state index contributed by atoms with van der Waals surface area (Å²) in [6.07, 6.45) is 0.193. The zero-order valence-electron chi connectivity index (χ0n) is 13.3. The van der Waals surface area contributed by atoms with Crippen LogP contribution in [0.5, 0.6) is 0 Å². The molecule has 0 spiro atoms. The molecule has 0 heterocycles. The van der Waals surface area contributed by atoms with Gasteiger partial charge < -0.3 is 16.2 Å². The predicted octanol–water partition coefficient (Wildman–Crippen LogP) is 2.70. The van der Waals surface area contributed by atoms with E-state index < -0.39 is 5.97 Å². The van der Waals surface area contributed by atoms with Crippen molar-refractivity contribution >= 4 is 17.6 Å². The van der Waals surface area contributed by atoms with Crippen LogP contribution in [0.15, 0.2) is 12.1 Å². The summed E-state index contributed by atoms with van der Waals surface area (Å²) in [5, 5.41) is 11.9. The van der Waals surface area contributed by atoms with Crippen molar-refractivity contribution in [1.29, 1.82) is 0 Å².